The maximum absolute atomic E-state index is 13.1. The van der Waals surface area contributed by atoms with E-state index in [2.05, 4.69) is 29.9 Å². The second-order valence-corrected chi connectivity index (χ2v) is 12.6. The van der Waals surface area contributed by atoms with Gasteiger partial charge in [-0.15, -0.1) is 0 Å². The van der Waals surface area contributed by atoms with Gasteiger partial charge in [-0.25, -0.2) is 57.1 Å². The van der Waals surface area contributed by atoms with Crippen molar-refractivity contribution < 1.29 is 41.7 Å². The number of piperidine rings is 2. The zero-order valence-electron chi connectivity index (χ0n) is 28.0. The Bertz CT molecular complexity index is 1730. The van der Waals surface area contributed by atoms with E-state index in [1.165, 1.54) is 12.4 Å². The van der Waals surface area contributed by atoms with Crippen LogP contribution in [0.2, 0.25) is 5.28 Å². The number of alkyl halides is 4. The number of aromatic nitrogens is 6. The first kappa shape index (κ1) is 37.0. The Kier molecular flexibility index (Phi) is 10.8. The van der Waals surface area contributed by atoms with Gasteiger partial charge in [-0.1, -0.05) is 0 Å². The van der Waals surface area contributed by atoms with Crippen molar-refractivity contribution in [3.05, 3.63) is 57.6 Å². The fourth-order valence-electron chi connectivity index (χ4n) is 5.99. The number of fused-ring (bicyclic) bond motifs is 2. The van der Waals surface area contributed by atoms with Gasteiger partial charge in [0.2, 0.25) is 17.2 Å². The Hall–Kier alpha value is -4.25. The van der Waals surface area contributed by atoms with Gasteiger partial charge < -0.3 is 24.4 Å². The van der Waals surface area contributed by atoms with Gasteiger partial charge in [0.05, 0.1) is 66.0 Å². The monoisotopic (exact) mass is 724 g/mol. The number of ether oxygens (including phenoxy) is 2. The molecule has 4 unspecified atom stereocenters. The Labute approximate surface area is 290 Å². The van der Waals surface area contributed by atoms with Gasteiger partial charge in [-0.05, 0) is 46.2 Å². The van der Waals surface area contributed by atoms with E-state index in [1.807, 2.05) is 0 Å². The Morgan fingerprint density at radius 1 is 0.740 bits per heavy atom. The number of rotatable bonds is 7. The predicted molar refractivity (Wildman–Crippen MR) is 171 cm³/mol. The van der Waals surface area contributed by atoms with Crippen molar-refractivity contribution in [1.82, 2.24) is 29.9 Å². The summed E-state index contributed by atoms with van der Waals surface area (Å²) in [4.78, 5) is 50.6. The van der Waals surface area contributed by atoms with Crippen LogP contribution < -0.4 is 9.80 Å². The third kappa shape index (κ3) is 7.57. The molecule has 2 saturated heterocycles. The molecule has 2 aliphatic carbocycles. The molecule has 0 bridgehead atoms. The molecule has 4 fully saturated rings. The number of hydrogen-bond acceptors (Lipinski definition) is 13. The zero-order valence-corrected chi connectivity index (χ0v) is 28.8. The van der Waals surface area contributed by atoms with Crippen LogP contribution in [0.3, 0.4) is 0 Å². The van der Waals surface area contributed by atoms with E-state index in [-0.39, 0.29) is 31.6 Å². The highest BCUT2D eigenvalue weighted by Gasteiger charge is 2.72. The molecule has 0 aromatic carbocycles. The maximum Gasteiger partial charge on any atom is 0.341 e. The minimum atomic E-state index is -2.52. The molecule has 18 heteroatoms. The van der Waals surface area contributed by atoms with Crippen molar-refractivity contribution in [2.45, 2.75) is 53.1 Å². The first-order chi connectivity index (χ1) is 23.6. The van der Waals surface area contributed by atoms with Crippen LogP contribution in [-0.2, 0) is 16.1 Å². The second kappa shape index (κ2) is 14.5. The molecule has 13 nitrogen and oxygen atoms in total. The first-order valence-corrected chi connectivity index (χ1v) is 16.4. The molecule has 3 aromatic heterocycles. The summed E-state index contributed by atoms with van der Waals surface area (Å²) < 4.78 is 62.0. The van der Waals surface area contributed by atoms with Crippen molar-refractivity contribution in [3.8, 4) is 0 Å². The van der Waals surface area contributed by atoms with Crippen LogP contribution in [-0.4, -0.2) is 98.2 Å². The number of aliphatic hydroxyl groups excluding tert-OH is 1. The van der Waals surface area contributed by atoms with Crippen molar-refractivity contribution in [1.29, 1.82) is 0 Å². The van der Waals surface area contributed by atoms with E-state index in [1.54, 1.807) is 50.6 Å². The summed E-state index contributed by atoms with van der Waals surface area (Å²) in [5.41, 5.74) is 3.06. The Morgan fingerprint density at radius 3 is 1.52 bits per heavy atom. The highest BCUT2D eigenvalue weighted by Crippen LogP contribution is 2.60. The molecule has 7 rings (SSSR count). The molecule has 2 saturated carbocycles. The summed E-state index contributed by atoms with van der Waals surface area (Å²) in [6, 6.07) is 0. The summed E-state index contributed by atoms with van der Waals surface area (Å²) in [7, 11) is 0. The van der Waals surface area contributed by atoms with E-state index >= 15 is 0 Å². The van der Waals surface area contributed by atoms with E-state index in [9.17, 15) is 27.2 Å². The van der Waals surface area contributed by atoms with Crippen LogP contribution in [0.25, 0.3) is 0 Å². The van der Waals surface area contributed by atoms with Crippen molar-refractivity contribution >= 4 is 35.4 Å². The smallest absolute Gasteiger partial charge is 0.341 e. The number of halogens is 5. The normalized spacial score (nSPS) is 23.0. The molecule has 4 atom stereocenters. The number of esters is 2. The standard InChI is InChI=1S/C13H15F2N3O2.C11H13F2N3O.C8H9ClN2O2/c1-3-20-11(19)8-4-16-12(17-7(8)2)18-5-9-10(6-18)13(9,14)15;1-6-7(5-17)2-14-10(15-6)16-3-8-9(4-16)11(8,12)13;1-3-13-7(12)6-4-10-8(9)11-5(6)2/h4,9-10H,3,5-6H2,1-2H3;2,8-9,17H,3-5H2,1H3;4H,3H2,1-2H3. The number of carbonyl (C=O) groups is 2. The highest BCUT2D eigenvalue weighted by atomic mass is 35.5. The molecule has 0 radical (unpaired) electrons. The minimum Gasteiger partial charge on any atom is -0.462 e. The molecule has 50 heavy (non-hydrogen) atoms. The first-order valence-electron chi connectivity index (χ1n) is 16.0. The number of aryl methyl sites for hydroxylation is 3. The van der Waals surface area contributed by atoms with Gasteiger partial charge in [0.25, 0.3) is 11.8 Å². The van der Waals surface area contributed by atoms with E-state index in [4.69, 9.17) is 26.2 Å². The average Bonchev–Trinajstić information content (AvgIpc) is 3.52. The summed E-state index contributed by atoms with van der Waals surface area (Å²) >= 11 is 5.52. The lowest BCUT2D eigenvalue weighted by molar-refractivity contribution is 0.0514. The van der Waals surface area contributed by atoms with Crippen LogP contribution in [0, 0.1) is 44.4 Å². The van der Waals surface area contributed by atoms with E-state index in [0.717, 1.165) is 0 Å². The van der Waals surface area contributed by atoms with Gasteiger partial charge in [0, 0.05) is 56.0 Å². The lowest BCUT2D eigenvalue weighted by Crippen LogP contribution is -2.29. The highest BCUT2D eigenvalue weighted by molar-refractivity contribution is 6.28. The fraction of sp³-hybridized carbons (Fsp3) is 0.562. The largest absolute Gasteiger partial charge is 0.462 e. The van der Waals surface area contributed by atoms with Gasteiger partial charge >= 0.3 is 11.9 Å². The van der Waals surface area contributed by atoms with Crippen molar-refractivity contribution in [2.24, 2.45) is 23.7 Å². The topological polar surface area (TPSA) is 157 Å². The van der Waals surface area contributed by atoms with E-state index < -0.39 is 47.5 Å². The molecule has 0 spiro atoms. The van der Waals surface area contributed by atoms with Gasteiger partial charge in [0.15, 0.2) is 0 Å². The number of carbonyl (C=O) groups excluding carboxylic acids is 2. The van der Waals surface area contributed by atoms with Crippen LogP contribution in [0.4, 0.5) is 29.5 Å². The number of hydrogen-bond donors (Lipinski definition) is 1. The molecule has 0 amide bonds. The van der Waals surface area contributed by atoms with Crippen LogP contribution in [0.5, 0.6) is 0 Å². The van der Waals surface area contributed by atoms with E-state index in [0.29, 0.717) is 65.4 Å². The summed E-state index contributed by atoms with van der Waals surface area (Å²) in [5, 5.41) is 9.13. The molecular formula is C32H37ClF4N8O5. The molecule has 270 valence electrons. The van der Waals surface area contributed by atoms with Crippen molar-refractivity contribution in [2.75, 3.05) is 49.2 Å². The second-order valence-electron chi connectivity index (χ2n) is 12.3. The molecule has 4 aliphatic rings. The molecule has 5 heterocycles. The predicted octanol–water partition coefficient (Wildman–Crippen LogP) is 4.26. The molecule has 2 aliphatic heterocycles. The summed E-state index contributed by atoms with van der Waals surface area (Å²) in [6.07, 6.45) is 4.32. The van der Waals surface area contributed by atoms with Gasteiger partial charge in [-0.2, -0.15) is 0 Å². The molecule has 3 aromatic rings. The van der Waals surface area contributed by atoms with Gasteiger partial charge in [-0.3, -0.25) is 0 Å². The number of aliphatic hydroxyl groups is 1. The third-order valence-corrected chi connectivity index (χ3v) is 9.29. The SMILES string of the molecule is CCOC(=O)c1cnc(Cl)nc1C.CCOC(=O)c1cnc(N2CC3C(C2)C3(F)F)nc1C.Cc1nc(N2CC3C(C2)C3(F)F)ncc1CO. The number of anilines is 2. The zero-order chi connectivity index (χ0) is 36.5. The Morgan fingerprint density at radius 2 is 1.14 bits per heavy atom. The Balaban J connectivity index is 0.000000149. The molecule has 1 N–H and O–H groups in total. The van der Waals surface area contributed by atoms with Crippen LogP contribution >= 0.6 is 11.6 Å². The van der Waals surface area contributed by atoms with Gasteiger partial charge in [0.1, 0.15) is 0 Å². The van der Waals surface area contributed by atoms with Crippen LogP contribution in [0.15, 0.2) is 18.6 Å². The third-order valence-electron chi connectivity index (χ3n) is 9.11. The van der Waals surface area contributed by atoms with Crippen molar-refractivity contribution in [3.63, 3.8) is 0 Å². The quantitative estimate of drug-likeness (QED) is 0.210. The lowest BCUT2D eigenvalue weighted by Gasteiger charge is -2.20. The minimum absolute atomic E-state index is 0.102. The fourth-order valence-corrected chi connectivity index (χ4v) is 6.17. The maximum atomic E-state index is 13.1. The lowest BCUT2D eigenvalue weighted by atomic mass is 10.2. The van der Waals surface area contributed by atoms with Crippen LogP contribution in [0.1, 0.15) is 57.2 Å². The molecular weight excluding hydrogens is 688 g/mol. The number of nitrogens with zero attached hydrogens (tertiary/aromatic N) is 8. The average molecular weight is 725 g/mol. The summed E-state index contributed by atoms with van der Waals surface area (Å²) in [6.45, 7) is 10.3. The summed E-state index contributed by atoms with van der Waals surface area (Å²) in [5.74, 6) is -7.18.